The second kappa shape index (κ2) is 12.3. The molecule has 2 aromatic rings. The number of hydrogen-bond donors (Lipinski definition) is 1. The van der Waals surface area contributed by atoms with E-state index in [1.165, 1.54) is 0 Å². The minimum atomic E-state index is -0.117. The number of ether oxygens (including phenoxy) is 2. The Morgan fingerprint density at radius 2 is 1.69 bits per heavy atom. The predicted molar refractivity (Wildman–Crippen MR) is 143 cm³/mol. The lowest BCUT2D eigenvalue weighted by Gasteiger charge is -2.32. The highest BCUT2D eigenvalue weighted by molar-refractivity contribution is 7.99. The predicted octanol–water partition coefficient (Wildman–Crippen LogP) is 5.37. The molecule has 2 amide bonds. The molecule has 1 heterocycles. The van der Waals surface area contributed by atoms with Crippen molar-refractivity contribution in [1.82, 2.24) is 10.2 Å². The van der Waals surface area contributed by atoms with Crippen molar-refractivity contribution in [1.29, 1.82) is 0 Å². The fourth-order valence-corrected chi connectivity index (χ4v) is 5.93. The van der Waals surface area contributed by atoms with Gasteiger partial charge >= 0.3 is 0 Å². The Morgan fingerprint density at radius 3 is 2.29 bits per heavy atom. The SMILES string of the molecule is CCOc1cc([C@H]2CSCC[C@H]2NC(=O)c2ccc(C(=O)N(C(C)C)C(C)C)cc2)ccc1OC. The van der Waals surface area contributed by atoms with Crippen LogP contribution in [0.25, 0.3) is 0 Å². The number of thioether (sulfide) groups is 1. The first-order chi connectivity index (χ1) is 16.8. The third-order valence-electron chi connectivity index (χ3n) is 6.33. The first-order valence-corrected chi connectivity index (χ1v) is 13.5. The summed E-state index contributed by atoms with van der Waals surface area (Å²) in [5, 5.41) is 3.25. The van der Waals surface area contributed by atoms with Gasteiger partial charge in [-0.1, -0.05) is 6.07 Å². The van der Waals surface area contributed by atoms with Gasteiger partial charge in [0.05, 0.1) is 13.7 Å². The standard InChI is InChI=1S/C28H38N2O4S/c1-7-34-26-16-22(12-13-25(26)33-6)23-17-35-15-14-24(23)29-27(31)20-8-10-21(11-9-20)28(32)30(18(2)3)19(4)5/h8-13,16,18-19,23-24H,7,14-15,17H2,1-6H3,(H,29,31)/t23-,24-/m1/s1. The normalized spacial score (nSPS) is 17.8. The summed E-state index contributed by atoms with van der Waals surface area (Å²) < 4.78 is 11.2. The maximum absolute atomic E-state index is 13.1. The molecule has 3 rings (SSSR count). The maximum atomic E-state index is 13.1. The molecule has 6 nitrogen and oxygen atoms in total. The van der Waals surface area contributed by atoms with Crippen LogP contribution in [0.3, 0.4) is 0 Å². The average molecular weight is 499 g/mol. The summed E-state index contributed by atoms with van der Waals surface area (Å²) in [6.07, 6.45) is 0.894. The van der Waals surface area contributed by atoms with Crippen molar-refractivity contribution in [2.24, 2.45) is 0 Å². The van der Waals surface area contributed by atoms with E-state index >= 15 is 0 Å². The van der Waals surface area contributed by atoms with Gasteiger partial charge in [-0.3, -0.25) is 9.59 Å². The molecule has 1 aliphatic heterocycles. The number of nitrogens with one attached hydrogen (secondary N) is 1. The Labute approximate surface area is 213 Å². The molecule has 7 heteroatoms. The number of hydrogen-bond acceptors (Lipinski definition) is 5. The van der Waals surface area contributed by atoms with Gasteiger partial charge in [-0.2, -0.15) is 11.8 Å². The minimum absolute atomic E-state index is 0.0177. The van der Waals surface area contributed by atoms with Crippen LogP contribution in [0.1, 0.15) is 73.2 Å². The lowest BCUT2D eigenvalue weighted by atomic mass is 9.90. The van der Waals surface area contributed by atoms with Crippen molar-refractivity contribution in [2.45, 2.75) is 65.1 Å². The zero-order valence-corrected chi connectivity index (χ0v) is 22.5. The van der Waals surface area contributed by atoms with E-state index in [0.29, 0.717) is 23.5 Å². The van der Waals surface area contributed by atoms with Gasteiger partial charge in [-0.05, 0) is 88.8 Å². The first kappa shape index (κ1) is 26.9. The van der Waals surface area contributed by atoms with E-state index in [0.717, 1.165) is 29.2 Å². The number of rotatable bonds is 9. The molecule has 1 saturated heterocycles. The van der Waals surface area contributed by atoms with Gasteiger partial charge < -0.3 is 19.7 Å². The summed E-state index contributed by atoms with van der Waals surface area (Å²) >= 11 is 1.90. The molecule has 190 valence electrons. The van der Waals surface area contributed by atoms with Gasteiger partial charge in [0.15, 0.2) is 11.5 Å². The van der Waals surface area contributed by atoms with Gasteiger partial charge in [0.25, 0.3) is 11.8 Å². The fourth-order valence-electron chi connectivity index (χ4n) is 4.66. The molecule has 1 N–H and O–H groups in total. The van der Waals surface area contributed by atoms with Crippen molar-refractivity contribution in [2.75, 3.05) is 25.2 Å². The molecule has 1 aliphatic rings. The number of amides is 2. The van der Waals surface area contributed by atoms with Crippen LogP contribution in [0, 0.1) is 0 Å². The summed E-state index contributed by atoms with van der Waals surface area (Å²) in [6, 6.07) is 13.3. The molecule has 0 spiro atoms. The quantitative estimate of drug-likeness (QED) is 0.503. The highest BCUT2D eigenvalue weighted by Crippen LogP contribution is 2.36. The van der Waals surface area contributed by atoms with Crippen molar-refractivity contribution < 1.29 is 19.1 Å². The molecule has 0 bridgehead atoms. The smallest absolute Gasteiger partial charge is 0.254 e. The van der Waals surface area contributed by atoms with E-state index in [4.69, 9.17) is 9.47 Å². The van der Waals surface area contributed by atoms with Crippen LogP contribution in [0.5, 0.6) is 11.5 Å². The molecule has 1 fully saturated rings. The second-order valence-corrected chi connectivity index (χ2v) is 10.5. The number of benzene rings is 2. The number of carbonyl (C=O) groups is 2. The van der Waals surface area contributed by atoms with Crippen LogP contribution in [-0.2, 0) is 0 Å². The number of nitrogens with zero attached hydrogens (tertiary/aromatic N) is 1. The number of carbonyl (C=O) groups excluding carboxylic acids is 2. The fraction of sp³-hybridized carbons (Fsp3) is 0.500. The Hall–Kier alpha value is -2.67. The van der Waals surface area contributed by atoms with Crippen molar-refractivity contribution >= 4 is 23.6 Å². The third kappa shape index (κ3) is 6.51. The van der Waals surface area contributed by atoms with Gasteiger partial charge in [0.2, 0.25) is 0 Å². The van der Waals surface area contributed by atoms with Crippen molar-refractivity contribution in [3.05, 3.63) is 59.2 Å². The van der Waals surface area contributed by atoms with E-state index in [9.17, 15) is 9.59 Å². The Kier molecular flexibility index (Phi) is 9.49. The van der Waals surface area contributed by atoms with Gasteiger partial charge in [0.1, 0.15) is 0 Å². The molecule has 0 unspecified atom stereocenters. The molecule has 35 heavy (non-hydrogen) atoms. The highest BCUT2D eigenvalue weighted by Gasteiger charge is 2.29. The largest absolute Gasteiger partial charge is 0.493 e. The number of methoxy groups -OCH3 is 1. The molecular weight excluding hydrogens is 460 g/mol. The Morgan fingerprint density at radius 1 is 1.03 bits per heavy atom. The minimum Gasteiger partial charge on any atom is -0.493 e. The van der Waals surface area contributed by atoms with E-state index in [2.05, 4.69) is 11.4 Å². The summed E-state index contributed by atoms with van der Waals surface area (Å²) in [7, 11) is 1.64. The average Bonchev–Trinajstić information content (AvgIpc) is 2.84. The van der Waals surface area contributed by atoms with E-state index < -0.39 is 0 Å². The monoisotopic (exact) mass is 498 g/mol. The van der Waals surface area contributed by atoms with Gasteiger partial charge in [-0.25, -0.2) is 0 Å². The van der Waals surface area contributed by atoms with E-state index in [1.54, 1.807) is 31.4 Å². The van der Waals surface area contributed by atoms with Crippen molar-refractivity contribution in [3.63, 3.8) is 0 Å². The summed E-state index contributed by atoms with van der Waals surface area (Å²) in [5.41, 5.74) is 2.29. The molecule has 2 atom stereocenters. The van der Waals surface area contributed by atoms with Crippen LogP contribution in [0.2, 0.25) is 0 Å². The van der Waals surface area contributed by atoms with Crippen LogP contribution in [-0.4, -0.2) is 60.1 Å². The molecule has 0 aromatic heterocycles. The molecule has 0 aliphatic carbocycles. The van der Waals surface area contributed by atoms with Crippen molar-refractivity contribution in [3.8, 4) is 11.5 Å². The van der Waals surface area contributed by atoms with Crippen LogP contribution >= 0.6 is 11.8 Å². The molecular formula is C28H38N2O4S. The van der Waals surface area contributed by atoms with Gasteiger partial charge in [-0.15, -0.1) is 0 Å². The van der Waals surface area contributed by atoms with E-state index in [1.807, 2.05) is 63.4 Å². The Bertz CT molecular complexity index is 999. The second-order valence-electron chi connectivity index (χ2n) is 9.37. The summed E-state index contributed by atoms with van der Waals surface area (Å²) in [5.74, 6) is 3.41. The van der Waals surface area contributed by atoms with Crippen LogP contribution in [0.4, 0.5) is 0 Å². The van der Waals surface area contributed by atoms with Crippen LogP contribution in [0.15, 0.2) is 42.5 Å². The lowest BCUT2D eigenvalue weighted by molar-refractivity contribution is 0.0643. The lowest BCUT2D eigenvalue weighted by Crippen LogP contribution is -2.43. The maximum Gasteiger partial charge on any atom is 0.254 e. The Balaban J connectivity index is 1.75. The molecule has 0 radical (unpaired) electrons. The summed E-state index contributed by atoms with van der Waals surface area (Å²) in [4.78, 5) is 27.9. The topological polar surface area (TPSA) is 67.9 Å². The van der Waals surface area contributed by atoms with Gasteiger partial charge in [0, 0.05) is 40.9 Å². The zero-order valence-electron chi connectivity index (χ0n) is 21.7. The third-order valence-corrected chi connectivity index (χ3v) is 7.45. The van der Waals surface area contributed by atoms with Crippen LogP contribution < -0.4 is 14.8 Å². The molecule has 2 aromatic carbocycles. The van der Waals surface area contributed by atoms with E-state index in [-0.39, 0.29) is 35.9 Å². The summed E-state index contributed by atoms with van der Waals surface area (Å²) in [6.45, 7) is 10.6. The highest BCUT2D eigenvalue weighted by atomic mass is 32.2. The molecule has 0 saturated carbocycles. The zero-order chi connectivity index (χ0) is 25.5. The first-order valence-electron chi connectivity index (χ1n) is 12.4.